The van der Waals surface area contributed by atoms with Crippen molar-refractivity contribution in [1.82, 2.24) is 10.6 Å². The molecule has 0 bridgehead atoms. The lowest BCUT2D eigenvalue weighted by molar-refractivity contribution is -0.156. The zero-order valence-electron chi connectivity index (χ0n) is 29.2. The largest absolute Gasteiger partial charge is 0.497 e. The molecule has 1 heterocycles. The van der Waals surface area contributed by atoms with E-state index in [0.29, 0.717) is 5.75 Å². The van der Waals surface area contributed by atoms with Crippen LogP contribution in [0.1, 0.15) is 57.2 Å². The standard InChI is InChI=1S/C39H46N2O9/c1-38(2,3)50-34(43)23-31(41-37(46)48-24-28-14-10-7-11-15-28)33(42)22-29(20-27-16-18-30(47-5)19-17-27)36(45)40-32(35(44)39(4)25-49-39)21-26-12-8-6-9-13-26/h6-19,29,31-32H,20-25H2,1-5H3,(H,40,45)(H,41,46)/t29-,31-,32+,39-/m1/s1. The van der Waals surface area contributed by atoms with Gasteiger partial charge in [-0.05, 0) is 69.4 Å². The molecular weight excluding hydrogens is 640 g/mol. The molecule has 0 aromatic heterocycles. The first-order chi connectivity index (χ1) is 23.7. The molecule has 1 aliphatic heterocycles. The number of benzene rings is 3. The molecule has 1 fully saturated rings. The summed E-state index contributed by atoms with van der Waals surface area (Å²) in [5.41, 5.74) is 0.475. The van der Waals surface area contributed by atoms with Crippen LogP contribution in [0.25, 0.3) is 0 Å². The number of hydrogen-bond donors (Lipinski definition) is 2. The number of ketones is 2. The van der Waals surface area contributed by atoms with Gasteiger partial charge in [-0.25, -0.2) is 4.79 Å². The van der Waals surface area contributed by atoms with Crippen molar-refractivity contribution in [3.05, 3.63) is 102 Å². The Bertz CT molecular complexity index is 1610. The van der Waals surface area contributed by atoms with E-state index in [0.717, 1.165) is 16.7 Å². The highest BCUT2D eigenvalue weighted by molar-refractivity contribution is 5.98. The van der Waals surface area contributed by atoms with Gasteiger partial charge in [-0.3, -0.25) is 19.2 Å². The number of carbonyl (C=O) groups is 5. The Balaban J connectivity index is 1.57. The molecule has 3 aromatic rings. The van der Waals surface area contributed by atoms with Gasteiger partial charge in [-0.15, -0.1) is 0 Å². The second-order valence-corrected chi connectivity index (χ2v) is 13.6. The van der Waals surface area contributed by atoms with Crippen molar-refractivity contribution in [1.29, 1.82) is 0 Å². The molecule has 0 radical (unpaired) electrons. The summed E-state index contributed by atoms with van der Waals surface area (Å²) in [6.07, 6.45) is -1.39. The van der Waals surface area contributed by atoms with Crippen molar-refractivity contribution in [3.8, 4) is 5.75 Å². The van der Waals surface area contributed by atoms with Gasteiger partial charge in [0.15, 0.2) is 11.6 Å². The van der Waals surface area contributed by atoms with Crippen molar-refractivity contribution in [2.24, 2.45) is 5.92 Å². The Morgan fingerprint density at radius 2 is 1.36 bits per heavy atom. The van der Waals surface area contributed by atoms with Gasteiger partial charge in [0.25, 0.3) is 0 Å². The monoisotopic (exact) mass is 686 g/mol. The average molecular weight is 687 g/mol. The highest BCUT2D eigenvalue weighted by Crippen LogP contribution is 2.29. The van der Waals surface area contributed by atoms with Crippen LogP contribution in [0.2, 0.25) is 0 Å². The van der Waals surface area contributed by atoms with E-state index in [1.807, 2.05) is 36.4 Å². The predicted molar refractivity (Wildman–Crippen MR) is 185 cm³/mol. The van der Waals surface area contributed by atoms with Crippen LogP contribution in [0, 0.1) is 5.92 Å². The molecule has 1 aliphatic rings. The minimum Gasteiger partial charge on any atom is -0.497 e. The lowest BCUT2D eigenvalue weighted by Gasteiger charge is -2.25. The molecule has 1 saturated heterocycles. The highest BCUT2D eigenvalue weighted by atomic mass is 16.6. The number of methoxy groups -OCH3 is 1. The zero-order valence-corrected chi connectivity index (χ0v) is 29.2. The molecule has 0 aliphatic carbocycles. The summed E-state index contributed by atoms with van der Waals surface area (Å²) in [5, 5.41) is 5.42. The number of Topliss-reactive ketones (excluding diaryl/α,β-unsaturated/α-hetero) is 2. The Morgan fingerprint density at radius 1 is 0.780 bits per heavy atom. The van der Waals surface area contributed by atoms with Gasteiger partial charge in [-0.1, -0.05) is 72.8 Å². The molecule has 2 N–H and O–H groups in total. The maximum atomic E-state index is 14.1. The third-order valence-corrected chi connectivity index (χ3v) is 8.16. The number of alkyl carbamates (subject to hydrolysis) is 1. The number of amides is 2. The number of carbonyl (C=O) groups excluding carboxylic acids is 5. The quantitative estimate of drug-likeness (QED) is 0.149. The van der Waals surface area contributed by atoms with Crippen molar-refractivity contribution < 1.29 is 42.9 Å². The fourth-order valence-corrected chi connectivity index (χ4v) is 5.36. The van der Waals surface area contributed by atoms with E-state index in [-0.39, 0.29) is 38.3 Å². The first kappa shape index (κ1) is 37.8. The smallest absolute Gasteiger partial charge is 0.408 e. The number of epoxide rings is 1. The number of rotatable bonds is 17. The maximum absolute atomic E-state index is 14.1. The van der Waals surface area contributed by atoms with E-state index in [1.165, 1.54) is 0 Å². The van der Waals surface area contributed by atoms with E-state index in [1.54, 1.807) is 83.3 Å². The van der Waals surface area contributed by atoms with E-state index in [4.69, 9.17) is 18.9 Å². The van der Waals surface area contributed by atoms with E-state index < -0.39 is 59.4 Å². The number of hydrogen-bond acceptors (Lipinski definition) is 9. The van der Waals surface area contributed by atoms with E-state index in [2.05, 4.69) is 10.6 Å². The Hall–Kier alpha value is -5.03. The summed E-state index contributed by atoms with van der Waals surface area (Å²) in [6.45, 7) is 6.96. The van der Waals surface area contributed by atoms with Crippen LogP contribution in [0.3, 0.4) is 0 Å². The highest BCUT2D eigenvalue weighted by Gasteiger charge is 2.50. The molecule has 0 saturated carbocycles. The number of nitrogens with one attached hydrogen (secondary N) is 2. The third kappa shape index (κ3) is 11.8. The van der Waals surface area contributed by atoms with Crippen LogP contribution in [0.5, 0.6) is 5.75 Å². The predicted octanol–water partition coefficient (Wildman–Crippen LogP) is 4.93. The zero-order chi connectivity index (χ0) is 36.3. The van der Waals surface area contributed by atoms with Crippen LogP contribution < -0.4 is 15.4 Å². The van der Waals surface area contributed by atoms with Crippen LogP contribution >= 0.6 is 0 Å². The van der Waals surface area contributed by atoms with Gasteiger partial charge in [0.1, 0.15) is 29.6 Å². The second kappa shape index (κ2) is 17.1. The molecule has 266 valence electrons. The van der Waals surface area contributed by atoms with Crippen LogP contribution in [0.15, 0.2) is 84.9 Å². The molecule has 0 unspecified atom stereocenters. The van der Waals surface area contributed by atoms with Gasteiger partial charge in [-0.2, -0.15) is 0 Å². The first-order valence-corrected chi connectivity index (χ1v) is 16.6. The van der Waals surface area contributed by atoms with Crippen molar-refractivity contribution >= 4 is 29.5 Å². The Kier molecular flexibility index (Phi) is 12.9. The second-order valence-electron chi connectivity index (χ2n) is 13.6. The van der Waals surface area contributed by atoms with Gasteiger partial charge in [0.2, 0.25) is 5.91 Å². The molecule has 11 nitrogen and oxygen atoms in total. The average Bonchev–Trinajstić information content (AvgIpc) is 3.84. The summed E-state index contributed by atoms with van der Waals surface area (Å²) in [7, 11) is 1.54. The molecule has 4 atom stereocenters. The Labute approximate surface area is 293 Å². The fraction of sp³-hybridized carbons (Fsp3) is 0.410. The van der Waals surface area contributed by atoms with Crippen molar-refractivity contribution in [3.63, 3.8) is 0 Å². The molecule has 3 aromatic carbocycles. The van der Waals surface area contributed by atoms with Crippen molar-refractivity contribution in [2.45, 2.75) is 83.3 Å². The molecule has 11 heteroatoms. The van der Waals surface area contributed by atoms with Gasteiger partial charge < -0.3 is 29.6 Å². The van der Waals surface area contributed by atoms with E-state index in [9.17, 15) is 24.0 Å². The van der Waals surface area contributed by atoms with Crippen molar-refractivity contribution in [2.75, 3.05) is 13.7 Å². The number of ether oxygens (including phenoxy) is 4. The summed E-state index contributed by atoms with van der Waals surface area (Å²) >= 11 is 0. The third-order valence-electron chi connectivity index (χ3n) is 8.16. The normalized spacial score (nSPS) is 17.0. The molecular formula is C39H46N2O9. The minimum atomic E-state index is -1.35. The lowest BCUT2D eigenvalue weighted by Crippen LogP contribution is -2.50. The van der Waals surface area contributed by atoms with Crippen LogP contribution in [-0.2, 0) is 52.8 Å². The summed E-state index contributed by atoms with van der Waals surface area (Å²) in [5.74, 6) is -2.44. The van der Waals surface area contributed by atoms with Gasteiger partial charge >= 0.3 is 12.1 Å². The molecule has 0 spiro atoms. The Morgan fingerprint density at radius 3 is 1.92 bits per heavy atom. The summed E-state index contributed by atoms with van der Waals surface area (Å²) in [4.78, 5) is 67.4. The maximum Gasteiger partial charge on any atom is 0.408 e. The van der Waals surface area contributed by atoms with E-state index >= 15 is 0 Å². The summed E-state index contributed by atoms with van der Waals surface area (Å²) in [6, 6.07) is 23.1. The fourth-order valence-electron chi connectivity index (χ4n) is 5.36. The molecule has 4 rings (SSSR count). The van der Waals surface area contributed by atoms with Gasteiger partial charge in [0, 0.05) is 12.3 Å². The van der Waals surface area contributed by atoms with Crippen LogP contribution in [0.4, 0.5) is 4.79 Å². The topological polar surface area (TPSA) is 150 Å². The van der Waals surface area contributed by atoms with Gasteiger partial charge in [0.05, 0.1) is 26.2 Å². The first-order valence-electron chi connectivity index (χ1n) is 16.6. The lowest BCUT2D eigenvalue weighted by atomic mass is 9.89. The molecule has 50 heavy (non-hydrogen) atoms. The SMILES string of the molecule is COc1ccc(C[C@H](CC(=O)[C@@H](CC(=O)OC(C)(C)C)NC(=O)OCc2ccccc2)C(=O)N[C@@H](Cc2ccccc2)C(=O)[C@@]2(C)CO2)cc1. The summed E-state index contributed by atoms with van der Waals surface area (Å²) < 4.78 is 21.5. The minimum absolute atomic E-state index is 0.0536. The number of esters is 1. The molecule has 2 amide bonds. The van der Waals surface area contributed by atoms with Crippen LogP contribution in [-0.4, -0.2) is 66.5 Å².